The molecule has 9 heteroatoms. The molecule has 0 amide bonds. The van der Waals surface area contributed by atoms with Gasteiger partial charge in [0.1, 0.15) is 18.2 Å². The fourth-order valence-electron chi connectivity index (χ4n) is 0.988. The lowest BCUT2D eigenvalue weighted by Gasteiger charge is -2.02. The molecule has 2 aromatic rings. The predicted octanol–water partition coefficient (Wildman–Crippen LogP) is 0.796. The summed E-state index contributed by atoms with van der Waals surface area (Å²) in [6.45, 7) is 0.943. The highest BCUT2D eigenvalue weighted by Crippen LogP contribution is 2.03. The maximum Gasteiger partial charge on any atom is 0.318 e. The van der Waals surface area contributed by atoms with Gasteiger partial charge in [0.25, 0.3) is 0 Å². The number of anilines is 2. The van der Waals surface area contributed by atoms with Gasteiger partial charge in [-0.05, 0) is 23.7 Å². The third kappa shape index (κ3) is 6.66. The minimum Gasteiger partial charge on any atom is -0.461 e. The molecule has 2 heterocycles. The van der Waals surface area contributed by atoms with Gasteiger partial charge in [-0.1, -0.05) is 0 Å². The van der Waals surface area contributed by atoms with E-state index in [-0.39, 0.29) is 11.3 Å². The Bertz CT molecular complexity index is 511. The summed E-state index contributed by atoms with van der Waals surface area (Å²) in [5.41, 5.74) is 10.6. The molecule has 0 saturated carbocycles. The van der Waals surface area contributed by atoms with E-state index in [4.69, 9.17) is 32.5 Å². The van der Waals surface area contributed by atoms with Crippen molar-refractivity contribution in [3.05, 3.63) is 29.8 Å². The number of nitrogens with zero attached hydrogens (tertiary/aromatic N) is 4. The lowest BCUT2D eigenvalue weighted by Crippen LogP contribution is -2.07. The Morgan fingerprint density at radius 2 is 1.70 bits per heavy atom. The molecule has 0 spiro atoms. The first-order valence-corrected chi connectivity index (χ1v) is 5.94. The lowest BCUT2D eigenvalue weighted by atomic mass is 10.6. The van der Waals surface area contributed by atoms with Crippen molar-refractivity contribution in [2.24, 2.45) is 0 Å². The maximum atomic E-state index is 5.40. The second-order valence-corrected chi connectivity index (χ2v) is 3.69. The van der Waals surface area contributed by atoms with Crippen LogP contribution in [-0.4, -0.2) is 40.3 Å². The van der Waals surface area contributed by atoms with Crippen LogP contribution in [0.25, 0.3) is 0 Å². The minimum absolute atomic E-state index is 0.185. The van der Waals surface area contributed by atoms with Crippen LogP contribution < -0.4 is 16.2 Å². The summed E-state index contributed by atoms with van der Waals surface area (Å²) in [4.78, 5) is 14.9. The van der Waals surface area contributed by atoms with Gasteiger partial charge in [-0.25, -0.2) is 15.0 Å². The molecule has 0 fully saturated rings. The van der Waals surface area contributed by atoms with Crippen LogP contribution in [0.3, 0.4) is 0 Å². The highest BCUT2D eigenvalue weighted by molar-refractivity contribution is 6.28. The Balaban J connectivity index is 0.000000217. The normalized spacial score (nSPS) is 9.50. The standard InChI is InChI=1S/C7H11N3O2.C4H4ClN3/c1-11-4-5-12-7-9-3-2-6(8)10-7;5-4-7-2-1-3(6)8-4/h2-3H,4-5H2,1H3,(H2,8,9,10);1-2H,(H2,6,7,8). The van der Waals surface area contributed by atoms with Crippen LogP contribution in [0, 0.1) is 0 Å². The first-order valence-electron chi connectivity index (χ1n) is 5.56. The van der Waals surface area contributed by atoms with Crippen molar-refractivity contribution in [3.63, 3.8) is 0 Å². The van der Waals surface area contributed by atoms with Crippen LogP contribution >= 0.6 is 11.6 Å². The molecule has 0 unspecified atom stereocenters. The first-order chi connectivity index (χ1) is 9.61. The van der Waals surface area contributed by atoms with Gasteiger partial charge in [-0.15, -0.1) is 0 Å². The Labute approximate surface area is 121 Å². The van der Waals surface area contributed by atoms with E-state index in [2.05, 4.69) is 19.9 Å². The molecule has 0 bridgehead atoms. The van der Waals surface area contributed by atoms with E-state index in [1.54, 1.807) is 25.4 Å². The quantitative estimate of drug-likeness (QED) is 0.627. The Kier molecular flexibility index (Phi) is 7.01. The zero-order valence-corrected chi connectivity index (χ0v) is 11.6. The molecule has 0 aliphatic heterocycles. The van der Waals surface area contributed by atoms with Crippen LogP contribution in [-0.2, 0) is 4.74 Å². The van der Waals surface area contributed by atoms with Gasteiger partial charge in [-0.2, -0.15) is 4.98 Å². The van der Waals surface area contributed by atoms with Crippen molar-refractivity contribution in [1.29, 1.82) is 0 Å². The number of aromatic nitrogens is 4. The van der Waals surface area contributed by atoms with E-state index < -0.39 is 0 Å². The van der Waals surface area contributed by atoms with E-state index in [0.717, 1.165) is 0 Å². The van der Waals surface area contributed by atoms with Crippen LogP contribution in [0.1, 0.15) is 0 Å². The average molecular weight is 299 g/mol. The summed E-state index contributed by atoms with van der Waals surface area (Å²) in [6.07, 6.45) is 3.05. The molecule has 0 atom stereocenters. The van der Waals surface area contributed by atoms with E-state index in [1.165, 1.54) is 6.20 Å². The lowest BCUT2D eigenvalue weighted by molar-refractivity contribution is 0.141. The summed E-state index contributed by atoms with van der Waals surface area (Å²) in [7, 11) is 1.60. The summed E-state index contributed by atoms with van der Waals surface area (Å²) >= 11 is 5.34. The topological polar surface area (TPSA) is 122 Å². The maximum absolute atomic E-state index is 5.40. The van der Waals surface area contributed by atoms with Crippen LogP contribution in [0.4, 0.5) is 11.6 Å². The number of ether oxygens (including phenoxy) is 2. The van der Waals surface area contributed by atoms with Gasteiger partial charge < -0.3 is 20.9 Å². The second-order valence-electron chi connectivity index (χ2n) is 3.36. The van der Waals surface area contributed by atoms with Gasteiger partial charge in [0, 0.05) is 19.5 Å². The Morgan fingerprint density at radius 1 is 1.05 bits per heavy atom. The molecule has 0 saturated heterocycles. The number of halogens is 1. The number of rotatable bonds is 4. The van der Waals surface area contributed by atoms with Crippen LogP contribution in [0.15, 0.2) is 24.5 Å². The number of nitrogen functional groups attached to an aromatic ring is 2. The Hall–Kier alpha value is -2.19. The molecule has 108 valence electrons. The predicted molar refractivity (Wildman–Crippen MR) is 75.3 cm³/mol. The zero-order valence-electron chi connectivity index (χ0n) is 10.9. The molecule has 2 rings (SSSR count). The highest BCUT2D eigenvalue weighted by Gasteiger charge is 1.95. The summed E-state index contributed by atoms with van der Waals surface area (Å²) in [5.74, 6) is 0.794. The third-order valence-electron chi connectivity index (χ3n) is 1.82. The number of methoxy groups -OCH3 is 1. The van der Waals surface area contributed by atoms with E-state index in [1.807, 2.05) is 0 Å². The fourth-order valence-corrected chi connectivity index (χ4v) is 1.14. The van der Waals surface area contributed by atoms with Crippen LogP contribution in [0.2, 0.25) is 5.28 Å². The average Bonchev–Trinajstić information content (AvgIpc) is 2.39. The fraction of sp³-hybridized carbons (Fsp3) is 0.273. The zero-order chi connectivity index (χ0) is 14.8. The van der Waals surface area contributed by atoms with Crippen molar-refractivity contribution in [2.45, 2.75) is 0 Å². The third-order valence-corrected chi connectivity index (χ3v) is 2.00. The SMILES string of the molecule is COCCOc1nccc(N)n1.Nc1ccnc(Cl)n1. The van der Waals surface area contributed by atoms with E-state index >= 15 is 0 Å². The summed E-state index contributed by atoms with van der Waals surface area (Å²) in [6, 6.07) is 3.46. The number of nitrogens with two attached hydrogens (primary N) is 2. The molecule has 4 N–H and O–H groups in total. The molecule has 0 radical (unpaired) electrons. The van der Waals surface area contributed by atoms with Crippen molar-refractivity contribution in [2.75, 3.05) is 31.8 Å². The highest BCUT2D eigenvalue weighted by atomic mass is 35.5. The van der Waals surface area contributed by atoms with Gasteiger partial charge in [0.2, 0.25) is 5.28 Å². The van der Waals surface area contributed by atoms with Crippen molar-refractivity contribution in [1.82, 2.24) is 19.9 Å². The van der Waals surface area contributed by atoms with Crippen molar-refractivity contribution >= 4 is 23.2 Å². The van der Waals surface area contributed by atoms with Gasteiger partial charge >= 0.3 is 6.01 Å². The van der Waals surface area contributed by atoms with Crippen molar-refractivity contribution in [3.8, 4) is 6.01 Å². The second kappa shape index (κ2) is 8.83. The molecule has 0 aromatic carbocycles. The van der Waals surface area contributed by atoms with Gasteiger partial charge in [-0.3, -0.25) is 0 Å². The molecule has 0 aliphatic rings. The Morgan fingerprint density at radius 3 is 2.20 bits per heavy atom. The largest absolute Gasteiger partial charge is 0.461 e. The van der Waals surface area contributed by atoms with Gasteiger partial charge in [0.15, 0.2) is 0 Å². The number of hydrogen-bond acceptors (Lipinski definition) is 8. The van der Waals surface area contributed by atoms with Crippen molar-refractivity contribution < 1.29 is 9.47 Å². The van der Waals surface area contributed by atoms with Crippen LogP contribution in [0.5, 0.6) is 6.01 Å². The molecular weight excluding hydrogens is 284 g/mol. The minimum atomic E-state index is 0.185. The molecular formula is C11H15ClN6O2. The monoisotopic (exact) mass is 298 g/mol. The molecule has 20 heavy (non-hydrogen) atoms. The smallest absolute Gasteiger partial charge is 0.318 e. The van der Waals surface area contributed by atoms with Gasteiger partial charge in [0.05, 0.1) is 6.61 Å². The molecule has 2 aromatic heterocycles. The van der Waals surface area contributed by atoms with E-state index in [0.29, 0.717) is 24.8 Å². The molecule has 0 aliphatic carbocycles. The number of hydrogen-bond donors (Lipinski definition) is 2. The summed E-state index contributed by atoms with van der Waals surface area (Å²) < 4.78 is 9.88. The summed E-state index contributed by atoms with van der Waals surface area (Å²) in [5, 5.41) is 0.185. The first kappa shape index (κ1) is 15.9. The van der Waals surface area contributed by atoms with E-state index in [9.17, 15) is 0 Å². The molecule has 8 nitrogen and oxygen atoms in total.